The number of phenols is 4. The highest BCUT2D eigenvalue weighted by Crippen LogP contribution is 2.36. The minimum absolute atomic E-state index is 0.0132. The van der Waals surface area contributed by atoms with Crippen LogP contribution in [0.2, 0.25) is 0 Å². The van der Waals surface area contributed by atoms with Crippen molar-refractivity contribution in [2.45, 2.75) is 13.1 Å². The maximum absolute atomic E-state index is 13.3. The fourth-order valence-electron chi connectivity index (χ4n) is 6.27. The highest BCUT2D eigenvalue weighted by molar-refractivity contribution is 5.96. The van der Waals surface area contributed by atoms with E-state index in [1.165, 1.54) is 42.5 Å². The summed E-state index contributed by atoms with van der Waals surface area (Å²) in [5.41, 5.74) is 7.25. The van der Waals surface area contributed by atoms with Gasteiger partial charge >= 0.3 is 6.18 Å². The summed E-state index contributed by atoms with van der Waals surface area (Å²) in [4.78, 5) is 49.1. The Morgan fingerprint density at radius 3 is 1.25 bits per heavy atom. The number of nitrogens with zero attached hydrogens (tertiary/aromatic N) is 6. The number of nitrogens with one attached hydrogen (secondary N) is 1. The van der Waals surface area contributed by atoms with Gasteiger partial charge < -0.3 is 31.5 Å². The van der Waals surface area contributed by atoms with E-state index in [-0.39, 0.29) is 80.2 Å². The second kappa shape index (κ2) is 17.9. The van der Waals surface area contributed by atoms with E-state index in [9.17, 15) is 43.2 Å². The van der Waals surface area contributed by atoms with E-state index in [4.69, 9.17) is 5.73 Å². The number of hydrogen-bond donors (Lipinski definition) is 6. The van der Waals surface area contributed by atoms with Gasteiger partial charge in [-0.05, 0) is 97.4 Å². The summed E-state index contributed by atoms with van der Waals surface area (Å²) in [6, 6.07) is 33.7. The summed E-state index contributed by atoms with van der Waals surface area (Å²) >= 11 is 0. The predicted octanol–water partition coefficient (Wildman–Crippen LogP) is 8.56. The predicted molar refractivity (Wildman–Crippen MR) is 227 cm³/mol. The molecule has 7 N–H and O–H groups in total. The molecule has 0 aliphatic heterocycles. The molecule has 17 heteroatoms. The molecule has 0 saturated carbocycles. The number of amides is 2. The summed E-state index contributed by atoms with van der Waals surface area (Å²) in [5.74, 6) is -0.393. The molecule has 2 aromatic heterocycles. The van der Waals surface area contributed by atoms with Gasteiger partial charge in [0.05, 0.1) is 27.8 Å². The minimum Gasteiger partial charge on any atom is -0.507 e. The molecule has 8 aromatic rings. The van der Waals surface area contributed by atoms with Gasteiger partial charge in [-0.3, -0.25) is 9.59 Å². The number of aryl methyl sites for hydroxylation is 1. The van der Waals surface area contributed by atoms with Gasteiger partial charge in [0.15, 0.2) is 34.9 Å². The number of halogens is 3. The molecule has 0 saturated heterocycles. The van der Waals surface area contributed by atoms with E-state index in [1.54, 1.807) is 85.8 Å². The zero-order valence-electron chi connectivity index (χ0n) is 32.8. The Morgan fingerprint density at radius 2 is 0.905 bits per heavy atom. The minimum atomic E-state index is -4.53. The van der Waals surface area contributed by atoms with Crippen molar-refractivity contribution in [1.82, 2.24) is 29.9 Å². The fourth-order valence-corrected chi connectivity index (χ4v) is 6.27. The SMILES string of the molecule is Cc1cc(-c2nc(-c3ccccc3O)nc(-c3ccccc3O)n2)cc(C(F)(F)F)c1.NC(=O)c1cc(NC=O)cc(-c2nc(-c3ccccc3O)nc(-c3ccccc3O)n2)c1. The summed E-state index contributed by atoms with van der Waals surface area (Å²) in [7, 11) is 0. The molecule has 2 heterocycles. The van der Waals surface area contributed by atoms with Crippen LogP contribution in [0.3, 0.4) is 0 Å². The van der Waals surface area contributed by atoms with Crippen molar-refractivity contribution in [1.29, 1.82) is 0 Å². The lowest BCUT2D eigenvalue weighted by molar-refractivity contribution is -0.137. The molecule has 0 aliphatic carbocycles. The van der Waals surface area contributed by atoms with Crippen LogP contribution >= 0.6 is 0 Å². The molecule has 0 aliphatic rings. The van der Waals surface area contributed by atoms with Crippen molar-refractivity contribution < 1.29 is 43.2 Å². The van der Waals surface area contributed by atoms with Crippen molar-refractivity contribution in [3.8, 4) is 91.3 Å². The Kier molecular flexibility index (Phi) is 12.0. The first-order chi connectivity index (χ1) is 30.2. The largest absolute Gasteiger partial charge is 0.507 e. The maximum Gasteiger partial charge on any atom is 0.416 e. The molecule has 0 fully saturated rings. The third kappa shape index (κ3) is 9.68. The highest BCUT2D eigenvalue weighted by Gasteiger charge is 2.31. The van der Waals surface area contributed by atoms with Crippen LogP contribution in [0.4, 0.5) is 18.9 Å². The van der Waals surface area contributed by atoms with Gasteiger partial charge in [0.25, 0.3) is 0 Å². The van der Waals surface area contributed by atoms with Crippen LogP contribution < -0.4 is 11.1 Å². The second-order valence-corrected chi connectivity index (χ2v) is 13.7. The monoisotopic (exact) mass is 850 g/mol. The molecule has 63 heavy (non-hydrogen) atoms. The molecule has 0 bridgehead atoms. The Hall–Kier alpha value is -8.73. The smallest absolute Gasteiger partial charge is 0.416 e. The summed E-state index contributed by atoms with van der Waals surface area (Å²) in [6.07, 6.45) is -4.06. The number of aromatic nitrogens is 6. The van der Waals surface area contributed by atoms with Crippen LogP contribution in [0.25, 0.3) is 68.3 Å². The Balaban J connectivity index is 0.000000189. The average Bonchev–Trinajstić information content (AvgIpc) is 3.26. The van der Waals surface area contributed by atoms with Crippen LogP contribution in [-0.4, -0.2) is 62.6 Å². The number of anilines is 1. The van der Waals surface area contributed by atoms with Crippen LogP contribution in [0.1, 0.15) is 21.5 Å². The Morgan fingerprint density at radius 1 is 0.540 bits per heavy atom. The summed E-state index contributed by atoms with van der Waals surface area (Å²) in [6.45, 7) is 1.55. The number of para-hydroxylation sites is 4. The van der Waals surface area contributed by atoms with E-state index in [0.717, 1.165) is 12.1 Å². The van der Waals surface area contributed by atoms with Crippen molar-refractivity contribution in [3.63, 3.8) is 0 Å². The molecule has 314 valence electrons. The zero-order valence-corrected chi connectivity index (χ0v) is 32.8. The van der Waals surface area contributed by atoms with Crippen molar-refractivity contribution in [3.05, 3.63) is 150 Å². The van der Waals surface area contributed by atoms with Gasteiger partial charge in [0.1, 0.15) is 23.0 Å². The molecule has 0 radical (unpaired) electrons. The van der Waals surface area contributed by atoms with Gasteiger partial charge in [-0.1, -0.05) is 48.5 Å². The molecular formula is C46H33F3N8O6. The highest BCUT2D eigenvalue weighted by atomic mass is 19.4. The van der Waals surface area contributed by atoms with Crippen LogP contribution in [0, 0.1) is 6.92 Å². The van der Waals surface area contributed by atoms with Gasteiger partial charge in [-0.25, -0.2) is 29.9 Å². The summed E-state index contributed by atoms with van der Waals surface area (Å²) in [5, 5.41) is 43.6. The third-order valence-electron chi connectivity index (χ3n) is 9.21. The number of rotatable bonds is 9. The van der Waals surface area contributed by atoms with Gasteiger partial charge in [-0.15, -0.1) is 0 Å². The normalized spacial score (nSPS) is 11.0. The first kappa shape index (κ1) is 42.4. The average molecular weight is 851 g/mol. The van der Waals surface area contributed by atoms with E-state index in [2.05, 4.69) is 35.2 Å². The third-order valence-corrected chi connectivity index (χ3v) is 9.21. The van der Waals surface area contributed by atoms with E-state index < -0.39 is 17.6 Å². The molecule has 0 unspecified atom stereocenters. The standard InChI is InChI=1S/C23H16F3N3O2.C23H17N5O4/c1-13-10-14(12-15(11-13)23(24,25)26)20-27-21(16-6-2-4-8-18(16)30)29-22(28-20)17-7-3-5-9-19(17)31;24-20(32)13-9-14(11-15(10-13)25-12-29)21-26-22(16-5-1-3-7-18(16)30)28-23(27-21)17-6-2-4-8-19(17)31/h2-12,30-31H,1H3;1-12,30-31H,(H2,24,32)(H,25,29). The number of hydrogen-bond acceptors (Lipinski definition) is 12. The number of benzene rings is 6. The molecule has 0 spiro atoms. The lowest BCUT2D eigenvalue weighted by Crippen LogP contribution is -2.12. The van der Waals surface area contributed by atoms with E-state index >= 15 is 0 Å². The number of carbonyl (C=O) groups is 2. The summed E-state index contributed by atoms with van der Waals surface area (Å²) < 4.78 is 40.0. The zero-order chi connectivity index (χ0) is 44.8. The number of carbonyl (C=O) groups excluding carboxylic acids is 2. The molecule has 6 aromatic carbocycles. The van der Waals surface area contributed by atoms with Crippen LogP contribution in [0.5, 0.6) is 23.0 Å². The first-order valence-electron chi connectivity index (χ1n) is 18.7. The van der Waals surface area contributed by atoms with E-state index in [1.807, 2.05) is 0 Å². The van der Waals surface area contributed by atoms with E-state index in [0.29, 0.717) is 34.4 Å². The molecular weight excluding hydrogens is 818 g/mol. The quantitative estimate of drug-likeness (QED) is 0.0751. The molecule has 0 atom stereocenters. The van der Waals surface area contributed by atoms with Crippen LogP contribution in [0.15, 0.2) is 133 Å². The Bertz CT molecular complexity index is 2890. The molecule has 14 nitrogen and oxygen atoms in total. The first-order valence-corrected chi connectivity index (χ1v) is 18.7. The van der Waals surface area contributed by atoms with Gasteiger partial charge in [-0.2, -0.15) is 13.2 Å². The maximum atomic E-state index is 13.3. The van der Waals surface area contributed by atoms with Crippen molar-refractivity contribution in [2.24, 2.45) is 5.73 Å². The lowest BCUT2D eigenvalue weighted by Gasteiger charge is -2.12. The number of primary amides is 1. The molecule has 2 amide bonds. The number of phenolic OH excluding ortho intramolecular Hbond substituents is 4. The van der Waals surface area contributed by atoms with Gasteiger partial charge in [0, 0.05) is 22.4 Å². The fraction of sp³-hybridized carbons (Fsp3) is 0.0435. The second-order valence-electron chi connectivity index (χ2n) is 13.7. The lowest BCUT2D eigenvalue weighted by atomic mass is 10.1. The van der Waals surface area contributed by atoms with Crippen LogP contribution in [-0.2, 0) is 11.0 Å². The number of nitrogens with two attached hydrogens (primary N) is 1. The van der Waals surface area contributed by atoms with Crippen molar-refractivity contribution >= 4 is 18.0 Å². The Labute approximate surface area is 356 Å². The topological polar surface area (TPSA) is 230 Å². The number of aromatic hydroxyl groups is 4. The van der Waals surface area contributed by atoms with Gasteiger partial charge in [0.2, 0.25) is 12.3 Å². The number of alkyl halides is 3. The van der Waals surface area contributed by atoms with Crippen molar-refractivity contribution in [2.75, 3.05) is 5.32 Å². The molecule has 8 rings (SSSR count).